The van der Waals surface area contributed by atoms with Crippen molar-refractivity contribution in [2.45, 2.75) is 28.1 Å². The summed E-state index contributed by atoms with van der Waals surface area (Å²) in [5.41, 5.74) is 0.191. The van der Waals surface area contributed by atoms with E-state index in [2.05, 4.69) is 5.32 Å². The number of carbonyl (C=O) groups is 3. The summed E-state index contributed by atoms with van der Waals surface area (Å²) in [7, 11) is -0.954. The molecule has 1 aliphatic heterocycles. The Kier molecular flexibility index (Phi) is 9.34. The molecule has 1 N–H and O–H groups in total. The van der Waals surface area contributed by atoms with Gasteiger partial charge in [0.05, 0.1) is 26.2 Å². The first-order chi connectivity index (χ1) is 20.0. The fourth-order valence-corrected chi connectivity index (χ4v) is 6.76. The normalized spacial score (nSPS) is 16.3. The Balaban J connectivity index is 1.90. The van der Waals surface area contributed by atoms with Crippen LogP contribution in [0.1, 0.15) is 28.8 Å². The first-order valence-electron chi connectivity index (χ1n) is 12.7. The maximum atomic E-state index is 14.3. The van der Waals surface area contributed by atoms with E-state index in [4.69, 9.17) is 37.4 Å². The number of nitrogens with one attached hydrogen (secondary N) is 1. The van der Waals surface area contributed by atoms with Crippen LogP contribution in [-0.2, 0) is 24.2 Å². The number of benzene rings is 3. The zero-order chi connectivity index (χ0) is 30.7. The summed E-state index contributed by atoms with van der Waals surface area (Å²) in [6, 6.07) is 15.0. The van der Waals surface area contributed by atoms with Crippen molar-refractivity contribution < 1.29 is 37.0 Å². The topological polar surface area (TPSA) is 128 Å². The summed E-state index contributed by atoms with van der Waals surface area (Å²) >= 11 is 13.1. The molecular weight excluding hydrogens is 607 g/mol. The third-order valence-electron chi connectivity index (χ3n) is 6.86. The molecule has 3 aromatic rings. The number of hydrogen-bond donors (Lipinski definition) is 1. The number of ketones is 1. The van der Waals surface area contributed by atoms with Crippen LogP contribution in [-0.4, -0.2) is 69.2 Å². The fraction of sp³-hybridized carbons (Fsp3) is 0.276. The number of amides is 1. The number of esters is 1. The van der Waals surface area contributed by atoms with Crippen LogP contribution < -0.4 is 14.8 Å². The lowest BCUT2D eigenvalue weighted by Gasteiger charge is -2.34. The van der Waals surface area contributed by atoms with Gasteiger partial charge in [0, 0.05) is 34.4 Å². The molecule has 0 aliphatic carbocycles. The smallest absolute Gasteiger partial charge is 0.328 e. The fourth-order valence-electron chi connectivity index (χ4n) is 4.69. The first kappa shape index (κ1) is 31.1. The zero-order valence-corrected chi connectivity index (χ0v) is 25.3. The summed E-state index contributed by atoms with van der Waals surface area (Å²) in [6.07, 6.45) is 0.661. The van der Waals surface area contributed by atoms with Gasteiger partial charge in [0.15, 0.2) is 17.3 Å². The Morgan fingerprint density at radius 3 is 2.29 bits per heavy atom. The van der Waals surface area contributed by atoms with Gasteiger partial charge in [0.2, 0.25) is 9.84 Å². The number of alkyl halides is 1. The number of ether oxygens (including phenoxy) is 3. The molecule has 0 radical (unpaired) electrons. The molecule has 1 unspecified atom stereocenters. The number of sulfone groups is 1. The number of anilines is 1. The number of halogens is 2. The second-order valence-corrected chi connectivity index (χ2v) is 12.6. The standard InChI is InChI=1S/C29H28Cl2N2O8S/c1-39-24-14-12-20(17-25(24)40-2)42(37,38)29(31,28(36)33-15-7-10-23(33)27(35)41-3)32-22-13-11-19(30)16-21(22)26(34)18-8-5-4-6-9-18/h4-6,8-9,11-14,16-17,23,32H,7,10,15H2,1-3H3/t23-,29?/m0/s1. The maximum Gasteiger partial charge on any atom is 0.328 e. The summed E-state index contributed by atoms with van der Waals surface area (Å²) in [5.74, 6) is -2.02. The maximum absolute atomic E-state index is 14.3. The van der Waals surface area contributed by atoms with Crippen LogP contribution in [0.3, 0.4) is 0 Å². The highest BCUT2D eigenvalue weighted by Crippen LogP contribution is 2.40. The van der Waals surface area contributed by atoms with Gasteiger partial charge in [-0.15, -0.1) is 0 Å². The molecule has 0 bridgehead atoms. The largest absolute Gasteiger partial charge is 0.493 e. The monoisotopic (exact) mass is 634 g/mol. The number of nitrogens with zero attached hydrogens (tertiary/aromatic N) is 1. The van der Waals surface area contributed by atoms with E-state index < -0.39 is 37.9 Å². The third-order valence-corrected chi connectivity index (χ3v) is 9.85. The van der Waals surface area contributed by atoms with Crippen LogP contribution >= 0.6 is 23.2 Å². The van der Waals surface area contributed by atoms with Gasteiger partial charge in [-0.1, -0.05) is 53.5 Å². The van der Waals surface area contributed by atoms with Gasteiger partial charge >= 0.3 is 5.97 Å². The van der Waals surface area contributed by atoms with Gasteiger partial charge < -0.3 is 24.4 Å². The molecule has 222 valence electrons. The number of methoxy groups -OCH3 is 3. The highest BCUT2D eigenvalue weighted by atomic mass is 35.5. The lowest BCUT2D eigenvalue weighted by Crippen LogP contribution is -2.57. The van der Waals surface area contributed by atoms with Crippen molar-refractivity contribution in [3.63, 3.8) is 0 Å². The highest BCUT2D eigenvalue weighted by Gasteiger charge is 2.55. The molecule has 3 aromatic carbocycles. The quantitative estimate of drug-likeness (QED) is 0.148. The minimum atomic E-state index is -4.83. The molecule has 42 heavy (non-hydrogen) atoms. The van der Waals surface area contributed by atoms with E-state index in [1.54, 1.807) is 30.3 Å². The first-order valence-corrected chi connectivity index (χ1v) is 14.9. The summed E-state index contributed by atoms with van der Waals surface area (Å²) in [5, 5.41) is 2.84. The van der Waals surface area contributed by atoms with E-state index in [1.165, 1.54) is 57.7 Å². The Bertz CT molecular complexity index is 1620. The average Bonchev–Trinajstić information content (AvgIpc) is 3.50. The summed E-state index contributed by atoms with van der Waals surface area (Å²) in [6.45, 7) is 0.0482. The molecule has 1 heterocycles. The molecule has 10 nitrogen and oxygen atoms in total. The van der Waals surface area contributed by atoms with Crippen molar-refractivity contribution in [2.24, 2.45) is 0 Å². The number of rotatable bonds is 10. The van der Waals surface area contributed by atoms with E-state index in [0.717, 1.165) is 4.90 Å². The number of carbonyl (C=O) groups excluding carboxylic acids is 3. The van der Waals surface area contributed by atoms with E-state index >= 15 is 0 Å². The molecule has 1 aliphatic rings. The third kappa shape index (κ3) is 5.77. The van der Waals surface area contributed by atoms with Crippen LogP contribution in [0.25, 0.3) is 0 Å². The molecule has 0 spiro atoms. The SMILES string of the molecule is COC(=O)[C@@H]1CCCN1C(=O)C(Cl)(Nc1ccc(Cl)cc1C(=O)c1ccccc1)S(=O)(=O)c1ccc(OC)c(OC)c1. The van der Waals surface area contributed by atoms with Crippen LogP contribution in [0.2, 0.25) is 5.02 Å². The molecule has 0 saturated carbocycles. The molecule has 13 heteroatoms. The predicted molar refractivity (Wildman–Crippen MR) is 157 cm³/mol. The van der Waals surface area contributed by atoms with Crippen molar-refractivity contribution in [1.29, 1.82) is 0 Å². The Hall–Kier alpha value is -3.80. The van der Waals surface area contributed by atoms with E-state index in [0.29, 0.717) is 12.0 Å². The van der Waals surface area contributed by atoms with Crippen molar-refractivity contribution in [1.82, 2.24) is 4.90 Å². The minimum absolute atomic E-state index is 0.0278. The molecular formula is C29H28Cl2N2O8S. The molecule has 1 saturated heterocycles. The number of hydrogen-bond acceptors (Lipinski definition) is 9. The number of likely N-dealkylation sites (tertiary alicyclic amines) is 1. The van der Waals surface area contributed by atoms with Gasteiger partial charge in [-0.05, 0) is 43.2 Å². The van der Waals surface area contributed by atoms with Crippen molar-refractivity contribution in [3.8, 4) is 11.5 Å². The molecule has 0 aromatic heterocycles. The molecule has 1 amide bonds. The minimum Gasteiger partial charge on any atom is -0.493 e. The van der Waals surface area contributed by atoms with Gasteiger partial charge in [0.25, 0.3) is 10.2 Å². The second kappa shape index (κ2) is 12.6. The van der Waals surface area contributed by atoms with Gasteiger partial charge in [-0.2, -0.15) is 0 Å². The van der Waals surface area contributed by atoms with Gasteiger partial charge in [0.1, 0.15) is 6.04 Å². The predicted octanol–water partition coefficient (Wildman–Crippen LogP) is 4.53. The van der Waals surface area contributed by atoms with Crippen LogP contribution in [0.5, 0.6) is 11.5 Å². The van der Waals surface area contributed by atoms with E-state index in [1.807, 2.05) is 0 Å². The Morgan fingerprint density at radius 2 is 1.64 bits per heavy atom. The van der Waals surface area contributed by atoms with E-state index in [-0.39, 0.29) is 45.6 Å². The lowest BCUT2D eigenvalue weighted by molar-refractivity contribution is -0.151. The van der Waals surface area contributed by atoms with Gasteiger partial charge in [-0.3, -0.25) is 9.59 Å². The summed E-state index contributed by atoms with van der Waals surface area (Å²) < 4.78 is 41.1. The van der Waals surface area contributed by atoms with Gasteiger partial charge in [-0.25, -0.2) is 13.2 Å². The summed E-state index contributed by atoms with van der Waals surface area (Å²) in [4.78, 5) is 40.9. The average molecular weight is 636 g/mol. The van der Waals surface area contributed by atoms with Crippen LogP contribution in [0.15, 0.2) is 71.6 Å². The highest BCUT2D eigenvalue weighted by molar-refractivity contribution is 7.95. The molecule has 2 atom stereocenters. The zero-order valence-electron chi connectivity index (χ0n) is 22.9. The molecule has 1 fully saturated rings. The van der Waals surface area contributed by atoms with E-state index in [9.17, 15) is 22.8 Å². The van der Waals surface area contributed by atoms with Crippen molar-refractivity contribution >= 4 is 56.4 Å². The Morgan fingerprint density at radius 1 is 0.952 bits per heavy atom. The lowest BCUT2D eigenvalue weighted by atomic mass is 10.0. The van der Waals surface area contributed by atoms with Crippen molar-refractivity contribution in [3.05, 3.63) is 82.9 Å². The Labute approximate surface area is 253 Å². The van der Waals surface area contributed by atoms with Crippen molar-refractivity contribution in [2.75, 3.05) is 33.2 Å². The molecule has 4 rings (SSSR count). The van der Waals surface area contributed by atoms with Crippen LogP contribution in [0.4, 0.5) is 5.69 Å². The second-order valence-electron chi connectivity index (χ2n) is 9.31. The van der Waals surface area contributed by atoms with Crippen LogP contribution in [0, 0.1) is 0 Å².